The van der Waals surface area contributed by atoms with E-state index in [0.717, 1.165) is 28.6 Å². The molecule has 0 aliphatic rings. The Balaban J connectivity index is 2.51. The van der Waals surface area contributed by atoms with E-state index in [1.807, 2.05) is 34.7 Å². The van der Waals surface area contributed by atoms with Crippen molar-refractivity contribution in [1.29, 1.82) is 0 Å². The molecule has 0 bridgehead atoms. The van der Waals surface area contributed by atoms with E-state index in [0.29, 0.717) is 5.69 Å². The number of rotatable bonds is 2. The molecule has 0 aliphatic carbocycles. The number of methoxy groups -OCH3 is 1. The summed E-state index contributed by atoms with van der Waals surface area (Å²) in [4.78, 5) is 15.0. The van der Waals surface area contributed by atoms with Crippen molar-refractivity contribution in [1.82, 2.24) is 9.38 Å². The van der Waals surface area contributed by atoms with E-state index < -0.39 is 0 Å². The van der Waals surface area contributed by atoms with E-state index in [1.165, 1.54) is 0 Å². The highest BCUT2D eigenvalue weighted by Gasteiger charge is 2.08. The minimum absolute atomic E-state index is 0.420. The van der Waals surface area contributed by atoms with Crippen LogP contribution in [-0.4, -0.2) is 22.8 Å². The van der Waals surface area contributed by atoms with Gasteiger partial charge < -0.3 is 4.74 Å². The van der Waals surface area contributed by atoms with Crippen LogP contribution in [-0.2, 0) is 0 Å². The van der Waals surface area contributed by atoms with Gasteiger partial charge in [-0.2, -0.15) is 0 Å². The second kappa shape index (κ2) is 3.59. The highest BCUT2D eigenvalue weighted by molar-refractivity contribution is 5.88. The van der Waals surface area contributed by atoms with Gasteiger partial charge in [-0.05, 0) is 18.2 Å². The smallest absolute Gasteiger partial charge is 0.170 e. The first kappa shape index (κ1) is 9.84. The van der Waals surface area contributed by atoms with Gasteiger partial charge in [0.15, 0.2) is 6.29 Å². The van der Waals surface area contributed by atoms with Gasteiger partial charge in [-0.15, -0.1) is 0 Å². The van der Waals surface area contributed by atoms with Gasteiger partial charge in [-0.25, -0.2) is 4.98 Å². The Morgan fingerprint density at radius 3 is 2.94 bits per heavy atom. The fourth-order valence-electron chi connectivity index (χ4n) is 2.03. The Hall–Kier alpha value is -2.36. The molecular weight excluding hydrogens is 216 g/mol. The zero-order valence-electron chi connectivity index (χ0n) is 9.25. The summed E-state index contributed by atoms with van der Waals surface area (Å²) in [5.41, 5.74) is 2.08. The van der Waals surface area contributed by atoms with E-state index >= 15 is 0 Å². The van der Waals surface area contributed by atoms with Gasteiger partial charge in [0, 0.05) is 11.6 Å². The fourth-order valence-corrected chi connectivity index (χ4v) is 2.03. The first-order chi connectivity index (χ1) is 8.33. The standard InChI is InChI=1S/C13H10N2O2/c1-17-11-4-2-3-9-5-6-12-14-10(8-16)7-15(12)13(9)11/h2-8H,1H3. The molecule has 0 radical (unpaired) electrons. The summed E-state index contributed by atoms with van der Waals surface area (Å²) >= 11 is 0. The van der Waals surface area contributed by atoms with Crippen LogP contribution in [0.3, 0.4) is 0 Å². The molecule has 0 saturated carbocycles. The molecule has 0 aliphatic heterocycles. The number of carbonyl (C=O) groups is 1. The molecule has 2 heterocycles. The largest absolute Gasteiger partial charge is 0.495 e. The summed E-state index contributed by atoms with van der Waals surface area (Å²) in [6, 6.07) is 9.67. The van der Waals surface area contributed by atoms with Gasteiger partial charge in [-0.1, -0.05) is 12.1 Å². The summed E-state index contributed by atoms with van der Waals surface area (Å²) in [6.07, 6.45) is 2.46. The Morgan fingerprint density at radius 2 is 2.18 bits per heavy atom. The summed E-state index contributed by atoms with van der Waals surface area (Å²) in [5, 5.41) is 1.05. The first-order valence-corrected chi connectivity index (χ1v) is 5.23. The predicted octanol–water partition coefficient (Wildman–Crippen LogP) is 2.31. The molecule has 2 aromatic heterocycles. The van der Waals surface area contributed by atoms with Crippen LogP contribution in [0.4, 0.5) is 0 Å². The number of para-hydroxylation sites is 1. The van der Waals surface area contributed by atoms with E-state index in [9.17, 15) is 4.79 Å². The van der Waals surface area contributed by atoms with E-state index in [2.05, 4.69) is 4.98 Å². The third-order valence-corrected chi connectivity index (χ3v) is 2.78. The maximum absolute atomic E-state index is 10.8. The molecule has 0 saturated heterocycles. The number of hydrogen-bond donors (Lipinski definition) is 0. The highest BCUT2D eigenvalue weighted by Crippen LogP contribution is 2.26. The molecule has 3 aromatic rings. The van der Waals surface area contributed by atoms with Crippen LogP contribution in [0, 0.1) is 0 Å². The molecule has 4 nitrogen and oxygen atoms in total. The monoisotopic (exact) mass is 226 g/mol. The quantitative estimate of drug-likeness (QED) is 0.630. The number of pyridine rings is 1. The lowest BCUT2D eigenvalue weighted by atomic mass is 10.2. The van der Waals surface area contributed by atoms with Crippen molar-refractivity contribution < 1.29 is 9.53 Å². The number of ether oxygens (including phenoxy) is 1. The minimum Gasteiger partial charge on any atom is -0.495 e. The van der Waals surface area contributed by atoms with Crippen LogP contribution in [0.25, 0.3) is 16.6 Å². The number of imidazole rings is 1. The predicted molar refractivity (Wildman–Crippen MR) is 64.6 cm³/mol. The normalized spacial score (nSPS) is 10.9. The molecule has 3 rings (SSSR count). The van der Waals surface area contributed by atoms with Crippen molar-refractivity contribution in [3.05, 3.63) is 42.2 Å². The van der Waals surface area contributed by atoms with Gasteiger partial charge in [0.05, 0.1) is 12.6 Å². The molecule has 84 valence electrons. The van der Waals surface area contributed by atoms with E-state index in [1.54, 1.807) is 13.3 Å². The Bertz CT molecular complexity index is 716. The van der Waals surface area contributed by atoms with E-state index in [4.69, 9.17) is 4.74 Å². The molecule has 17 heavy (non-hydrogen) atoms. The van der Waals surface area contributed by atoms with Crippen LogP contribution >= 0.6 is 0 Å². The van der Waals surface area contributed by atoms with Gasteiger partial charge in [0.1, 0.15) is 17.1 Å². The van der Waals surface area contributed by atoms with Crippen molar-refractivity contribution in [2.75, 3.05) is 7.11 Å². The van der Waals surface area contributed by atoms with Crippen LogP contribution in [0.2, 0.25) is 0 Å². The molecule has 0 spiro atoms. The van der Waals surface area contributed by atoms with Gasteiger partial charge >= 0.3 is 0 Å². The summed E-state index contributed by atoms with van der Waals surface area (Å²) < 4.78 is 7.21. The number of nitrogens with zero attached hydrogens (tertiary/aromatic N) is 2. The first-order valence-electron chi connectivity index (χ1n) is 5.23. The second-order valence-electron chi connectivity index (χ2n) is 3.74. The molecule has 0 amide bonds. The number of aldehydes is 1. The van der Waals surface area contributed by atoms with Crippen LogP contribution < -0.4 is 4.74 Å². The topological polar surface area (TPSA) is 43.6 Å². The Kier molecular flexibility index (Phi) is 2.08. The number of fused-ring (bicyclic) bond motifs is 3. The number of carbonyl (C=O) groups excluding carboxylic acids is 1. The third kappa shape index (κ3) is 1.38. The SMILES string of the molecule is COc1cccc2ccc3nc(C=O)cn3c12. The van der Waals surface area contributed by atoms with Crippen molar-refractivity contribution in [2.24, 2.45) is 0 Å². The molecule has 0 unspecified atom stereocenters. The second-order valence-corrected chi connectivity index (χ2v) is 3.74. The molecule has 0 fully saturated rings. The van der Waals surface area contributed by atoms with Gasteiger partial charge in [0.25, 0.3) is 0 Å². The van der Waals surface area contributed by atoms with Crippen molar-refractivity contribution in [3.8, 4) is 5.75 Å². The molecular formula is C13H10N2O2. The highest BCUT2D eigenvalue weighted by atomic mass is 16.5. The number of hydrogen-bond acceptors (Lipinski definition) is 3. The summed E-state index contributed by atoms with van der Waals surface area (Å²) in [6.45, 7) is 0. The fraction of sp³-hybridized carbons (Fsp3) is 0.0769. The lowest BCUT2D eigenvalue weighted by Crippen LogP contribution is -1.91. The molecule has 4 heteroatoms. The lowest BCUT2D eigenvalue weighted by molar-refractivity contribution is 0.111. The van der Waals surface area contributed by atoms with E-state index in [-0.39, 0.29) is 0 Å². The number of benzene rings is 1. The zero-order valence-corrected chi connectivity index (χ0v) is 9.25. The Morgan fingerprint density at radius 1 is 1.29 bits per heavy atom. The minimum atomic E-state index is 0.420. The van der Waals surface area contributed by atoms with Gasteiger partial charge in [0.2, 0.25) is 0 Å². The Labute approximate surface area is 97.5 Å². The van der Waals surface area contributed by atoms with Crippen molar-refractivity contribution in [2.45, 2.75) is 0 Å². The molecule has 1 aromatic carbocycles. The maximum atomic E-state index is 10.8. The molecule has 0 N–H and O–H groups in total. The van der Waals surface area contributed by atoms with Crippen LogP contribution in [0.5, 0.6) is 5.75 Å². The average Bonchev–Trinajstić information content (AvgIpc) is 2.81. The van der Waals surface area contributed by atoms with Crippen molar-refractivity contribution >= 4 is 22.8 Å². The average molecular weight is 226 g/mol. The summed E-state index contributed by atoms with van der Waals surface area (Å²) in [5.74, 6) is 0.767. The maximum Gasteiger partial charge on any atom is 0.170 e. The third-order valence-electron chi connectivity index (χ3n) is 2.78. The summed E-state index contributed by atoms with van der Waals surface area (Å²) in [7, 11) is 1.63. The van der Waals surface area contributed by atoms with Crippen LogP contribution in [0.1, 0.15) is 10.5 Å². The molecule has 0 atom stereocenters. The van der Waals surface area contributed by atoms with Crippen LogP contribution in [0.15, 0.2) is 36.5 Å². The van der Waals surface area contributed by atoms with Gasteiger partial charge in [-0.3, -0.25) is 9.20 Å². The lowest BCUT2D eigenvalue weighted by Gasteiger charge is -2.07. The zero-order chi connectivity index (χ0) is 11.8. The van der Waals surface area contributed by atoms with Crippen molar-refractivity contribution in [3.63, 3.8) is 0 Å². The number of aromatic nitrogens is 2.